The number of aryl methyl sites for hydroxylation is 1. The van der Waals surface area contributed by atoms with Crippen molar-refractivity contribution in [2.75, 3.05) is 26.2 Å². The maximum absolute atomic E-state index is 13.7. The molecule has 0 unspecified atom stereocenters. The maximum atomic E-state index is 13.7. The fourth-order valence-corrected chi connectivity index (χ4v) is 2.88. The second kappa shape index (κ2) is 6.87. The molecule has 8 heteroatoms. The Morgan fingerprint density at radius 2 is 1.88 bits per heavy atom. The van der Waals surface area contributed by atoms with E-state index in [0.29, 0.717) is 26.1 Å². The number of hydrogen-bond acceptors (Lipinski definition) is 3. The quantitative estimate of drug-likeness (QED) is 0.904. The fourth-order valence-electron chi connectivity index (χ4n) is 2.88. The highest BCUT2D eigenvalue weighted by atomic mass is 19.4. The van der Waals surface area contributed by atoms with Crippen molar-refractivity contribution < 1.29 is 18.0 Å². The molecule has 1 N–H and O–H groups in total. The zero-order valence-corrected chi connectivity index (χ0v) is 13.8. The van der Waals surface area contributed by atoms with Crippen molar-refractivity contribution >= 4 is 5.91 Å². The van der Waals surface area contributed by atoms with Crippen LogP contribution in [0.15, 0.2) is 30.5 Å². The lowest BCUT2D eigenvalue weighted by Gasteiger charge is -2.20. The van der Waals surface area contributed by atoms with Gasteiger partial charge in [0.1, 0.15) is 0 Å². The molecule has 0 saturated carbocycles. The highest BCUT2D eigenvalue weighted by Gasteiger charge is 2.41. The summed E-state index contributed by atoms with van der Waals surface area (Å²) in [5.74, 6) is -0.630. The van der Waals surface area contributed by atoms with Crippen LogP contribution in [0.1, 0.15) is 28.0 Å². The number of nitrogens with one attached hydrogen (secondary N) is 1. The Bertz CT molecular complexity index is 744. The number of aromatic nitrogens is 2. The van der Waals surface area contributed by atoms with Gasteiger partial charge in [0.05, 0.1) is 17.4 Å². The number of rotatable bonds is 2. The van der Waals surface area contributed by atoms with Gasteiger partial charge in [-0.3, -0.25) is 4.79 Å². The molecule has 0 atom stereocenters. The van der Waals surface area contributed by atoms with E-state index in [-0.39, 0.29) is 5.69 Å². The van der Waals surface area contributed by atoms with Gasteiger partial charge in [-0.25, -0.2) is 4.68 Å². The lowest BCUT2D eigenvalue weighted by molar-refractivity contribution is -0.143. The van der Waals surface area contributed by atoms with Gasteiger partial charge in [-0.05, 0) is 32.0 Å². The predicted octanol–water partition coefficient (Wildman–Crippen LogP) is 2.64. The summed E-state index contributed by atoms with van der Waals surface area (Å²) in [6.07, 6.45) is -2.96. The van der Waals surface area contributed by atoms with Gasteiger partial charge in [-0.2, -0.15) is 18.3 Å². The lowest BCUT2D eigenvalue weighted by atomic mass is 10.2. The molecular weight excluding hydrogens is 333 g/mol. The summed E-state index contributed by atoms with van der Waals surface area (Å²) in [6, 6.07) is 6.53. The highest BCUT2D eigenvalue weighted by molar-refractivity contribution is 5.95. The number of carbonyl (C=O) groups is 1. The van der Waals surface area contributed by atoms with Crippen LogP contribution >= 0.6 is 0 Å². The third kappa shape index (κ3) is 3.68. The van der Waals surface area contributed by atoms with Crippen LogP contribution in [0.2, 0.25) is 0 Å². The van der Waals surface area contributed by atoms with Crippen molar-refractivity contribution in [3.05, 3.63) is 47.3 Å². The zero-order chi connectivity index (χ0) is 18.0. The topological polar surface area (TPSA) is 50.2 Å². The van der Waals surface area contributed by atoms with Crippen molar-refractivity contribution in [3.63, 3.8) is 0 Å². The molecule has 0 radical (unpaired) electrons. The number of halogens is 3. The molecule has 0 aliphatic carbocycles. The number of amides is 1. The van der Waals surface area contributed by atoms with Crippen LogP contribution in [0, 0.1) is 6.92 Å². The van der Waals surface area contributed by atoms with E-state index in [2.05, 4.69) is 10.4 Å². The molecule has 1 fully saturated rings. The molecule has 1 aromatic carbocycles. The van der Waals surface area contributed by atoms with Gasteiger partial charge < -0.3 is 10.2 Å². The van der Waals surface area contributed by atoms with Gasteiger partial charge in [0.15, 0.2) is 5.69 Å². The van der Waals surface area contributed by atoms with E-state index in [1.807, 2.05) is 6.92 Å². The van der Waals surface area contributed by atoms with Crippen LogP contribution in [0.25, 0.3) is 5.69 Å². The molecule has 0 spiro atoms. The first-order valence-corrected chi connectivity index (χ1v) is 8.10. The molecule has 3 rings (SSSR count). The largest absolute Gasteiger partial charge is 0.434 e. The molecular formula is C17H19F3N4O. The van der Waals surface area contributed by atoms with Gasteiger partial charge >= 0.3 is 6.18 Å². The summed E-state index contributed by atoms with van der Waals surface area (Å²) in [5, 5.41) is 6.98. The number of carbonyl (C=O) groups excluding carboxylic acids is 1. The maximum Gasteiger partial charge on any atom is 0.434 e. The Morgan fingerprint density at radius 1 is 1.16 bits per heavy atom. The summed E-state index contributed by atoms with van der Waals surface area (Å²) in [5.41, 5.74) is -0.235. The van der Waals surface area contributed by atoms with Gasteiger partial charge in [-0.15, -0.1) is 0 Å². The van der Waals surface area contributed by atoms with Crippen LogP contribution in [0.4, 0.5) is 13.2 Å². The summed E-state index contributed by atoms with van der Waals surface area (Å²) >= 11 is 0. The van der Waals surface area contributed by atoms with E-state index >= 15 is 0 Å². The SMILES string of the molecule is Cc1ccc(-n2ncc(C(=O)N3CCCNCC3)c2C(F)(F)F)cc1. The third-order valence-electron chi connectivity index (χ3n) is 4.17. The minimum Gasteiger partial charge on any atom is -0.337 e. The van der Waals surface area contributed by atoms with Crippen molar-refractivity contribution in [1.29, 1.82) is 0 Å². The zero-order valence-electron chi connectivity index (χ0n) is 13.8. The Kier molecular flexibility index (Phi) is 4.80. The molecule has 1 amide bonds. The molecule has 1 aliphatic heterocycles. The number of hydrogen-bond donors (Lipinski definition) is 1. The molecule has 1 aliphatic rings. The molecule has 134 valence electrons. The Labute approximate surface area is 143 Å². The monoisotopic (exact) mass is 352 g/mol. The van der Waals surface area contributed by atoms with Crippen LogP contribution in [0.3, 0.4) is 0 Å². The van der Waals surface area contributed by atoms with E-state index in [4.69, 9.17) is 0 Å². The van der Waals surface area contributed by atoms with E-state index in [1.165, 1.54) is 4.90 Å². The average Bonchev–Trinajstić information content (AvgIpc) is 2.84. The highest BCUT2D eigenvalue weighted by Crippen LogP contribution is 2.34. The molecule has 25 heavy (non-hydrogen) atoms. The van der Waals surface area contributed by atoms with Crippen LogP contribution in [0.5, 0.6) is 0 Å². The first-order valence-electron chi connectivity index (χ1n) is 8.10. The predicted molar refractivity (Wildman–Crippen MR) is 86.7 cm³/mol. The lowest BCUT2D eigenvalue weighted by Crippen LogP contribution is -2.35. The molecule has 1 saturated heterocycles. The van der Waals surface area contributed by atoms with Crippen molar-refractivity contribution in [3.8, 4) is 5.69 Å². The van der Waals surface area contributed by atoms with Crippen LogP contribution < -0.4 is 5.32 Å². The standard InChI is InChI=1S/C17H19F3N4O/c1-12-3-5-13(6-4-12)24-15(17(18,19)20)14(11-22-24)16(25)23-9-2-7-21-8-10-23/h3-6,11,21H,2,7-10H2,1H3. The summed E-state index contributed by atoms with van der Waals surface area (Å²) < 4.78 is 41.8. The first-order chi connectivity index (χ1) is 11.9. The summed E-state index contributed by atoms with van der Waals surface area (Å²) in [4.78, 5) is 14.1. The molecule has 2 aromatic rings. The molecule has 5 nitrogen and oxygen atoms in total. The van der Waals surface area contributed by atoms with Crippen molar-refractivity contribution in [2.45, 2.75) is 19.5 Å². The normalized spacial score (nSPS) is 15.9. The number of alkyl halides is 3. The summed E-state index contributed by atoms with van der Waals surface area (Å²) in [7, 11) is 0. The number of benzene rings is 1. The molecule has 0 bridgehead atoms. The minimum absolute atomic E-state index is 0.273. The van der Waals surface area contributed by atoms with E-state index < -0.39 is 23.3 Å². The fraction of sp³-hybridized carbons (Fsp3) is 0.412. The van der Waals surface area contributed by atoms with Crippen LogP contribution in [-0.4, -0.2) is 46.8 Å². The second-order valence-electron chi connectivity index (χ2n) is 6.05. The first kappa shape index (κ1) is 17.5. The van der Waals surface area contributed by atoms with Gasteiger partial charge in [0, 0.05) is 19.6 Å². The summed E-state index contributed by atoms with van der Waals surface area (Å²) in [6.45, 7) is 3.97. The average molecular weight is 352 g/mol. The molecule has 2 heterocycles. The second-order valence-corrected chi connectivity index (χ2v) is 6.05. The van der Waals surface area contributed by atoms with Gasteiger partial charge in [0.2, 0.25) is 0 Å². The smallest absolute Gasteiger partial charge is 0.337 e. The van der Waals surface area contributed by atoms with E-state index in [1.54, 1.807) is 24.3 Å². The number of nitrogens with zero attached hydrogens (tertiary/aromatic N) is 3. The Morgan fingerprint density at radius 3 is 2.56 bits per heavy atom. The van der Waals surface area contributed by atoms with Gasteiger partial charge in [-0.1, -0.05) is 17.7 Å². The van der Waals surface area contributed by atoms with Crippen molar-refractivity contribution in [1.82, 2.24) is 20.0 Å². The third-order valence-corrected chi connectivity index (χ3v) is 4.17. The Hall–Kier alpha value is -2.35. The molecule has 1 aromatic heterocycles. The van der Waals surface area contributed by atoms with Gasteiger partial charge in [0.25, 0.3) is 5.91 Å². The van der Waals surface area contributed by atoms with Crippen LogP contribution in [-0.2, 0) is 6.18 Å². The Balaban J connectivity index is 2.02. The van der Waals surface area contributed by atoms with Crippen molar-refractivity contribution in [2.24, 2.45) is 0 Å². The minimum atomic E-state index is -4.68. The van der Waals surface area contributed by atoms with E-state index in [0.717, 1.165) is 23.0 Å². The van der Waals surface area contributed by atoms with E-state index in [9.17, 15) is 18.0 Å².